The van der Waals surface area contributed by atoms with Crippen LogP contribution in [0, 0.1) is 0 Å². The van der Waals surface area contributed by atoms with E-state index in [1.54, 1.807) is 104 Å². The molecule has 0 fully saturated rings. The van der Waals surface area contributed by atoms with Gasteiger partial charge in [0.05, 0.1) is 25.3 Å². The monoisotopic (exact) mass is 650 g/mol. The molecule has 48 heavy (non-hydrogen) atoms. The largest absolute Gasteiger partial charge is 0.497 e. The average Bonchev–Trinajstić information content (AvgIpc) is 3.10. The van der Waals surface area contributed by atoms with Crippen molar-refractivity contribution >= 4 is 29.3 Å². The Morgan fingerprint density at radius 2 is 1.21 bits per heavy atom. The summed E-state index contributed by atoms with van der Waals surface area (Å²) in [6.45, 7) is 4.25. The molecule has 4 aromatic carbocycles. The van der Waals surface area contributed by atoms with E-state index in [0.29, 0.717) is 46.2 Å². The first-order valence-electron chi connectivity index (χ1n) is 16.2. The highest BCUT2D eigenvalue weighted by atomic mass is 16.5. The highest BCUT2D eigenvalue weighted by Crippen LogP contribution is 2.19. The minimum Gasteiger partial charge on any atom is -0.497 e. The van der Waals surface area contributed by atoms with Crippen molar-refractivity contribution in [3.63, 3.8) is 0 Å². The highest BCUT2D eigenvalue weighted by molar-refractivity contribution is 6.04. The van der Waals surface area contributed by atoms with Crippen molar-refractivity contribution in [2.24, 2.45) is 0 Å². The Kier molecular flexibility index (Phi) is 13.3. The van der Waals surface area contributed by atoms with E-state index in [0.717, 1.165) is 18.4 Å². The number of esters is 1. The number of amides is 2. The predicted molar refractivity (Wildman–Crippen MR) is 185 cm³/mol. The molecule has 0 spiro atoms. The molecule has 2 N–H and O–H groups in total. The zero-order chi connectivity index (χ0) is 34.3. The van der Waals surface area contributed by atoms with Gasteiger partial charge in [0, 0.05) is 16.8 Å². The van der Waals surface area contributed by atoms with E-state index in [-0.39, 0.29) is 18.1 Å². The van der Waals surface area contributed by atoms with Gasteiger partial charge in [-0.3, -0.25) is 14.4 Å². The summed E-state index contributed by atoms with van der Waals surface area (Å²) >= 11 is 0. The van der Waals surface area contributed by atoms with Gasteiger partial charge < -0.3 is 24.8 Å². The molecule has 0 heterocycles. The minimum absolute atomic E-state index is 0.203. The molecule has 0 saturated carbocycles. The number of carbonyl (C=O) groups is 4. The van der Waals surface area contributed by atoms with E-state index < -0.39 is 17.9 Å². The molecule has 0 bridgehead atoms. The zero-order valence-electron chi connectivity index (χ0n) is 27.6. The van der Waals surface area contributed by atoms with E-state index in [1.165, 1.54) is 26.2 Å². The van der Waals surface area contributed by atoms with Crippen LogP contribution in [-0.2, 0) is 11.2 Å². The lowest BCUT2D eigenvalue weighted by molar-refractivity contribution is -0.118. The van der Waals surface area contributed by atoms with Gasteiger partial charge in [-0.05, 0) is 110 Å². The van der Waals surface area contributed by atoms with Crippen LogP contribution in [0.2, 0.25) is 0 Å². The number of benzene rings is 4. The van der Waals surface area contributed by atoms with Gasteiger partial charge in [-0.15, -0.1) is 0 Å². The summed E-state index contributed by atoms with van der Waals surface area (Å²) in [6.07, 6.45) is 6.06. The van der Waals surface area contributed by atoms with E-state index in [9.17, 15) is 19.2 Å². The molecule has 0 aliphatic carbocycles. The van der Waals surface area contributed by atoms with Gasteiger partial charge in [-0.25, -0.2) is 4.79 Å². The number of methoxy groups -OCH3 is 1. The molecule has 4 aromatic rings. The summed E-state index contributed by atoms with van der Waals surface area (Å²) in [5, 5.41) is 5.58. The number of ether oxygens (including phenoxy) is 3. The zero-order valence-corrected chi connectivity index (χ0v) is 27.6. The maximum atomic E-state index is 13.0. The number of hydrogen-bond acceptors (Lipinski definition) is 7. The lowest BCUT2D eigenvalue weighted by Crippen LogP contribution is -2.41. The fourth-order valence-corrected chi connectivity index (χ4v) is 4.87. The van der Waals surface area contributed by atoms with Gasteiger partial charge >= 0.3 is 5.97 Å². The summed E-state index contributed by atoms with van der Waals surface area (Å²) in [7, 11) is 1.55. The van der Waals surface area contributed by atoms with Crippen LogP contribution in [0.15, 0.2) is 97.1 Å². The Balaban J connectivity index is 1.25. The van der Waals surface area contributed by atoms with Crippen LogP contribution in [0.3, 0.4) is 0 Å². The van der Waals surface area contributed by atoms with E-state index in [2.05, 4.69) is 17.6 Å². The number of ketones is 1. The van der Waals surface area contributed by atoms with Gasteiger partial charge in [0.2, 0.25) is 0 Å². The molecule has 1 atom stereocenters. The Morgan fingerprint density at radius 1 is 0.646 bits per heavy atom. The van der Waals surface area contributed by atoms with Gasteiger partial charge in [-0.1, -0.05) is 44.7 Å². The van der Waals surface area contributed by atoms with E-state index in [4.69, 9.17) is 14.2 Å². The molecule has 0 radical (unpaired) electrons. The fraction of sp³-hybridized carbons (Fsp3) is 0.282. The third-order valence-corrected chi connectivity index (χ3v) is 7.73. The molecule has 0 aliphatic heterocycles. The molecule has 9 heteroatoms. The molecule has 2 amide bonds. The number of nitrogens with one attached hydrogen (secondary N) is 2. The van der Waals surface area contributed by atoms with Crippen molar-refractivity contribution in [2.45, 2.75) is 58.4 Å². The smallest absolute Gasteiger partial charge is 0.343 e. The topological polar surface area (TPSA) is 120 Å². The van der Waals surface area contributed by atoms with Gasteiger partial charge in [0.1, 0.15) is 17.2 Å². The van der Waals surface area contributed by atoms with Gasteiger partial charge in [0.25, 0.3) is 11.8 Å². The molecule has 0 aliphatic rings. The Labute approximate surface area is 281 Å². The summed E-state index contributed by atoms with van der Waals surface area (Å²) < 4.78 is 16.4. The maximum absolute atomic E-state index is 13.0. The summed E-state index contributed by atoms with van der Waals surface area (Å²) in [4.78, 5) is 50.6. The second kappa shape index (κ2) is 18.0. The molecule has 0 unspecified atom stereocenters. The normalized spacial score (nSPS) is 11.2. The molecule has 0 saturated heterocycles. The van der Waals surface area contributed by atoms with Crippen molar-refractivity contribution in [1.82, 2.24) is 5.32 Å². The Hall–Kier alpha value is -5.44. The molecular formula is C39H42N2O7. The van der Waals surface area contributed by atoms with Crippen LogP contribution in [0.1, 0.15) is 82.6 Å². The number of hydrogen-bond donors (Lipinski definition) is 2. The van der Waals surface area contributed by atoms with Crippen molar-refractivity contribution in [2.75, 3.05) is 19.0 Å². The second-order valence-electron chi connectivity index (χ2n) is 11.4. The van der Waals surface area contributed by atoms with Crippen molar-refractivity contribution in [3.05, 3.63) is 119 Å². The Bertz CT molecular complexity index is 1650. The quantitative estimate of drug-likeness (QED) is 0.0692. The maximum Gasteiger partial charge on any atom is 0.343 e. The molecule has 250 valence electrons. The van der Waals surface area contributed by atoms with Gasteiger partial charge in [-0.2, -0.15) is 0 Å². The predicted octanol–water partition coefficient (Wildman–Crippen LogP) is 7.45. The first-order valence-corrected chi connectivity index (χ1v) is 16.2. The first-order chi connectivity index (χ1) is 23.2. The lowest BCUT2D eigenvalue weighted by atomic mass is 10.0. The van der Waals surface area contributed by atoms with E-state index >= 15 is 0 Å². The van der Waals surface area contributed by atoms with Crippen molar-refractivity contribution in [3.8, 4) is 17.2 Å². The highest BCUT2D eigenvalue weighted by Gasteiger charge is 2.19. The van der Waals surface area contributed by atoms with Crippen molar-refractivity contribution in [1.29, 1.82) is 0 Å². The first kappa shape index (κ1) is 35.4. The summed E-state index contributed by atoms with van der Waals surface area (Å²) in [5.74, 6) is 0.312. The van der Waals surface area contributed by atoms with Crippen molar-refractivity contribution < 1.29 is 33.4 Å². The number of rotatable bonds is 17. The number of carbonyl (C=O) groups excluding carboxylic acids is 4. The van der Waals surface area contributed by atoms with Crippen LogP contribution in [0.4, 0.5) is 5.69 Å². The third kappa shape index (κ3) is 10.8. The second-order valence-corrected chi connectivity index (χ2v) is 11.4. The van der Waals surface area contributed by atoms with Crippen LogP contribution >= 0.6 is 0 Å². The summed E-state index contributed by atoms with van der Waals surface area (Å²) in [5.41, 5.74) is 2.51. The Morgan fingerprint density at radius 3 is 1.83 bits per heavy atom. The minimum atomic E-state index is -0.766. The van der Waals surface area contributed by atoms with Gasteiger partial charge in [0.15, 0.2) is 5.78 Å². The molecule has 4 rings (SSSR count). The SMILES string of the molecule is CCCCCCCOc1ccc(C(=O)Oc2ccc(C[C@H](NC(=O)c3ccc(NC(=O)c4ccc(OC)cc4)cc3)C(C)=O)cc2)cc1. The average molecular weight is 651 g/mol. The van der Waals surface area contributed by atoms with E-state index in [1.807, 2.05) is 0 Å². The molecule has 0 aromatic heterocycles. The molecule has 9 nitrogen and oxygen atoms in total. The van der Waals surface area contributed by atoms with Crippen LogP contribution in [-0.4, -0.2) is 43.3 Å². The van der Waals surface area contributed by atoms with Crippen LogP contribution < -0.4 is 24.8 Å². The van der Waals surface area contributed by atoms with Crippen LogP contribution in [0.5, 0.6) is 17.2 Å². The third-order valence-electron chi connectivity index (χ3n) is 7.73. The molecular weight excluding hydrogens is 608 g/mol. The number of Topliss-reactive ketones (excluding diaryl/α,β-unsaturated/α-hetero) is 1. The summed E-state index contributed by atoms with van der Waals surface area (Å²) in [6, 6.07) is 26.0. The standard InChI is InChI=1S/C39H42N2O7/c1-4-5-6-7-8-25-47-34-23-15-31(16-24-34)39(45)48-35-19-9-28(10-20-35)26-36(27(2)42)41-38(44)29-11-17-32(18-12-29)40-37(43)30-13-21-33(46-3)22-14-30/h9-24,36H,4-8,25-26H2,1-3H3,(H,40,43)(H,41,44)/t36-/m0/s1. The fourth-order valence-electron chi connectivity index (χ4n) is 4.87. The van der Waals surface area contributed by atoms with Crippen LogP contribution in [0.25, 0.3) is 0 Å². The lowest BCUT2D eigenvalue weighted by Gasteiger charge is -2.17. The number of anilines is 1. The number of unbranched alkanes of at least 4 members (excludes halogenated alkanes) is 4.